The van der Waals surface area contributed by atoms with Gasteiger partial charge in [-0.05, 0) is 60.2 Å². The molecule has 0 fully saturated rings. The number of hydrazone groups is 1. The first-order valence-electron chi connectivity index (χ1n) is 7.48. The lowest BCUT2D eigenvalue weighted by Crippen LogP contribution is -2.17. The van der Waals surface area contributed by atoms with E-state index in [0.717, 1.165) is 16.9 Å². The number of aromatic hydroxyl groups is 1. The first-order chi connectivity index (χ1) is 12.2. The van der Waals surface area contributed by atoms with Crippen LogP contribution in [-0.4, -0.2) is 34.5 Å². The lowest BCUT2D eigenvalue weighted by molar-refractivity contribution is 0.0950. The van der Waals surface area contributed by atoms with E-state index in [1.54, 1.807) is 37.4 Å². The number of carbonyl (C=O) groups is 1. The van der Waals surface area contributed by atoms with Gasteiger partial charge in [-0.25, -0.2) is 5.43 Å². The zero-order chi connectivity index (χ0) is 17.6. The standard InChI is InChI=1S/C18H16N4O3/c1-25-15-8-4-13(5-9-15)16-10-17(21-20-16)18(24)22-19-11-12-2-6-14(23)7-3-12/h2-11,23H,1H3,(H,20,21)(H,22,24)/b19-11-. The van der Waals surface area contributed by atoms with Gasteiger partial charge in [0.15, 0.2) is 0 Å². The second-order valence-corrected chi connectivity index (χ2v) is 5.19. The van der Waals surface area contributed by atoms with Gasteiger partial charge in [0.25, 0.3) is 5.91 Å². The summed E-state index contributed by atoms with van der Waals surface area (Å²) in [6.07, 6.45) is 1.48. The molecule has 0 unspecified atom stereocenters. The van der Waals surface area contributed by atoms with Crippen molar-refractivity contribution in [2.75, 3.05) is 7.11 Å². The number of phenols is 1. The summed E-state index contributed by atoms with van der Waals surface area (Å²) < 4.78 is 5.11. The fourth-order valence-corrected chi connectivity index (χ4v) is 2.13. The molecular formula is C18H16N4O3. The molecule has 3 rings (SSSR count). The molecule has 0 saturated carbocycles. The maximum absolute atomic E-state index is 12.1. The molecule has 0 atom stereocenters. The van der Waals surface area contributed by atoms with Crippen LogP contribution in [0.5, 0.6) is 11.5 Å². The summed E-state index contributed by atoms with van der Waals surface area (Å²) in [5.41, 5.74) is 4.99. The van der Waals surface area contributed by atoms with Crippen molar-refractivity contribution in [3.05, 3.63) is 65.9 Å². The summed E-state index contributed by atoms with van der Waals surface area (Å²) in [4.78, 5) is 12.1. The molecule has 0 spiro atoms. The number of benzene rings is 2. The van der Waals surface area contributed by atoms with Crippen LogP contribution in [0.3, 0.4) is 0 Å². The number of amides is 1. The molecule has 0 aliphatic rings. The molecule has 7 nitrogen and oxygen atoms in total. The van der Waals surface area contributed by atoms with E-state index in [1.165, 1.54) is 6.21 Å². The van der Waals surface area contributed by atoms with Crippen LogP contribution in [0.2, 0.25) is 0 Å². The Morgan fingerprint density at radius 3 is 2.60 bits per heavy atom. The molecule has 0 bridgehead atoms. The van der Waals surface area contributed by atoms with Gasteiger partial charge in [0.05, 0.1) is 19.0 Å². The van der Waals surface area contributed by atoms with E-state index in [4.69, 9.17) is 4.74 Å². The minimum absolute atomic E-state index is 0.171. The number of ether oxygens (including phenoxy) is 1. The minimum atomic E-state index is -0.401. The molecule has 2 aromatic carbocycles. The number of aromatic nitrogens is 2. The topological polar surface area (TPSA) is 99.6 Å². The number of hydrogen-bond acceptors (Lipinski definition) is 5. The van der Waals surface area contributed by atoms with Crippen LogP contribution in [0.15, 0.2) is 59.7 Å². The summed E-state index contributed by atoms with van der Waals surface area (Å²) in [6, 6.07) is 15.5. The van der Waals surface area contributed by atoms with Crippen molar-refractivity contribution in [3.63, 3.8) is 0 Å². The summed E-state index contributed by atoms with van der Waals surface area (Å²) >= 11 is 0. The fraction of sp³-hybridized carbons (Fsp3) is 0.0556. The quantitative estimate of drug-likeness (QED) is 0.492. The predicted octanol–water partition coefficient (Wildman–Crippen LogP) is 2.55. The lowest BCUT2D eigenvalue weighted by Gasteiger charge is -2.00. The second-order valence-electron chi connectivity index (χ2n) is 5.19. The van der Waals surface area contributed by atoms with Gasteiger partial charge in [-0.15, -0.1) is 0 Å². The molecule has 1 aromatic heterocycles. The number of aromatic amines is 1. The van der Waals surface area contributed by atoms with E-state index in [9.17, 15) is 9.90 Å². The monoisotopic (exact) mass is 336 g/mol. The normalized spacial score (nSPS) is 10.8. The summed E-state index contributed by atoms with van der Waals surface area (Å²) in [5.74, 6) is 0.521. The molecular weight excluding hydrogens is 320 g/mol. The average molecular weight is 336 g/mol. The Balaban J connectivity index is 1.64. The number of nitrogens with zero attached hydrogens (tertiary/aromatic N) is 2. The highest BCUT2D eigenvalue weighted by Gasteiger charge is 2.10. The zero-order valence-corrected chi connectivity index (χ0v) is 13.4. The van der Waals surface area contributed by atoms with Crippen LogP contribution in [0.25, 0.3) is 11.3 Å². The van der Waals surface area contributed by atoms with E-state index in [-0.39, 0.29) is 5.75 Å². The molecule has 0 saturated heterocycles. The van der Waals surface area contributed by atoms with Crippen molar-refractivity contribution < 1.29 is 14.6 Å². The molecule has 0 aliphatic carbocycles. The predicted molar refractivity (Wildman–Crippen MR) is 93.7 cm³/mol. The first-order valence-corrected chi connectivity index (χ1v) is 7.48. The van der Waals surface area contributed by atoms with Gasteiger partial charge in [0.2, 0.25) is 0 Å². The number of methoxy groups -OCH3 is 1. The number of nitrogens with one attached hydrogen (secondary N) is 2. The van der Waals surface area contributed by atoms with Crippen molar-refractivity contribution in [3.8, 4) is 22.8 Å². The third-order valence-corrected chi connectivity index (χ3v) is 3.48. The largest absolute Gasteiger partial charge is 0.508 e. The van der Waals surface area contributed by atoms with Crippen LogP contribution >= 0.6 is 0 Å². The third kappa shape index (κ3) is 4.03. The maximum atomic E-state index is 12.1. The van der Waals surface area contributed by atoms with Crippen molar-refractivity contribution in [2.45, 2.75) is 0 Å². The van der Waals surface area contributed by atoms with E-state index in [2.05, 4.69) is 20.7 Å². The summed E-state index contributed by atoms with van der Waals surface area (Å²) in [6.45, 7) is 0. The number of phenolic OH excluding ortho intramolecular Hbond substituents is 1. The molecule has 126 valence electrons. The molecule has 1 heterocycles. The van der Waals surface area contributed by atoms with E-state index >= 15 is 0 Å². The fourth-order valence-electron chi connectivity index (χ4n) is 2.13. The second kappa shape index (κ2) is 7.31. The van der Waals surface area contributed by atoms with Crippen LogP contribution in [0.4, 0.5) is 0 Å². The van der Waals surface area contributed by atoms with Crippen LogP contribution in [0, 0.1) is 0 Å². The molecule has 1 amide bonds. The Morgan fingerprint density at radius 2 is 1.92 bits per heavy atom. The maximum Gasteiger partial charge on any atom is 0.289 e. The van der Waals surface area contributed by atoms with Gasteiger partial charge >= 0.3 is 0 Å². The van der Waals surface area contributed by atoms with Crippen LogP contribution < -0.4 is 10.2 Å². The molecule has 0 radical (unpaired) electrons. The van der Waals surface area contributed by atoms with Gasteiger partial charge in [-0.1, -0.05) is 0 Å². The molecule has 25 heavy (non-hydrogen) atoms. The lowest BCUT2D eigenvalue weighted by atomic mass is 10.1. The first kappa shape index (κ1) is 16.3. The van der Waals surface area contributed by atoms with E-state index in [1.807, 2.05) is 24.3 Å². The smallest absolute Gasteiger partial charge is 0.289 e. The highest BCUT2D eigenvalue weighted by Crippen LogP contribution is 2.21. The average Bonchev–Trinajstić information content (AvgIpc) is 3.13. The zero-order valence-electron chi connectivity index (χ0n) is 13.4. The Labute approximate surface area is 144 Å². The van der Waals surface area contributed by atoms with E-state index in [0.29, 0.717) is 11.4 Å². The van der Waals surface area contributed by atoms with Gasteiger partial charge in [-0.2, -0.15) is 10.2 Å². The van der Waals surface area contributed by atoms with Crippen molar-refractivity contribution in [1.82, 2.24) is 15.6 Å². The summed E-state index contributed by atoms with van der Waals surface area (Å²) in [7, 11) is 1.60. The van der Waals surface area contributed by atoms with Crippen molar-refractivity contribution >= 4 is 12.1 Å². The number of carbonyl (C=O) groups excluding carboxylic acids is 1. The Hall–Kier alpha value is -3.61. The minimum Gasteiger partial charge on any atom is -0.508 e. The SMILES string of the molecule is COc1ccc(-c2cc(C(=O)N/N=C\c3ccc(O)cc3)[nH]n2)cc1. The highest BCUT2D eigenvalue weighted by atomic mass is 16.5. The number of hydrogen-bond donors (Lipinski definition) is 3. The van der Waals surface area contributed by atoms with Crippen LogP contribution in [0.1, 0.15) is 16.1 Å². The van der Waals surface area contributed by atoms with Gasteiger partial charge < -0.3 is 9.84 Å². The molecule has 7 heteroatoms. The number of H-pyrrole nitrogens is 1. The molecule has 0 aliphatic heterocycles. The number of rotatable bonds is 5. The Bertz CT molecular complexity index is 883. The molecule has 3 aromatic rings. The molecule has 3 N–H and O–H groups in total. The van der Waals surface area contributed by atoms with Crippen molar-refractivity contribution in [2.24, 2.45) is 5.10 Å². The third-order valence-electron chi connectivity index (χ3n) is 3.48. The highest BCUT2D eigenvalue weighted by molar-refractivity contribution is 5.94. The van der Waals surface area contributed by atoms with Gasteiger partial charge in [0.1, 0.15) is 17.2 Å². The Kier molecular flexibility index (Phi) is 4.75. The van der Waals surface area contributed by atoms with Crippen molar-refractivity contribution in [1.29, 1.82) is 0 Å². The van der Waals surface area contributed by atoms with Gasteiger partial charge in [-0.3, -0.25) is 9.89 Å². The summed E-state index contributed by atoms with van der Waals surface area (Å²) in [5, 5.41) is 19.9. The van der Waals surface area contributed by atoms with Gasteiger partial charge in [0, 0.05) is 5.56 Å². The Morgan fingerprint density at radius 1 is 1.20 bits per heavy atom. The van der Waals surface area contributed by atoms with E-state index < -0.39 is 5.91 Å². The van der Waals surface area contributed by atoms with Crippen LogP contribution in [-0.2, 0) is 0 Å².